The van der Waals surface area contributed by atoms with Crippen LogP contribution in [0.1, 0.15) is 24.8 Å². The van der Waals surface area contributed by atoms with Crippen LogP contribution in [0.2, 0.25) is 0 Å². The minimum absolute atomic E-state index is 0.0538. The maximum Gasteiger partial charge on any atom is 0.127 e. The molecule has 2 nitrogen and oxygen atoms in total. The van der Waals surface area contributed by atoms with Crippen LogP contribution in [0.4, 0.5) is 0 Å². The molecule has 0 aliphatic rings. The Morgan fingerprint density at radius 1 is 1.40 bits per heavy atom. The summed E-state index contributed by atoms with van der Waals surface area (Å²) in [5, 5.41) is 0. The van der Waals surface area contributed by atoms with E-state index in [9.17, 15) is 4.79 Å². The fraction of sp³-hybridized carbons (Fsp3) is 0.417. The predicted octanol–water partition coefficient (Wildman–Crippen LogP) is 3.00. The number of ether oxygens (including phenoxy) is 1. The molecule has 82 valence electrons. The van der Waals surface area contributed by atoms with Gasteiger partial charge in [-0.2, -0.15) is 0 Å². The van der Waals surface area contributed by atoms with E-state index in [0.29, 0.717) is 12.5 Å². The van der Waals surface area contributed by atoms with Crippen molar-refractivity contribution in [1.29, 1.82) is 0 Å². The van der Waals surface area contributed by atoms with Gasteiger partial charge >= 0.3 is 0 Å². The Kier molecular flexibility index (Phi) is 5.19. The maximum atomic E-state index is 10.6. The van der Waals surface area contributed by atoms with Crippen molar-refractivity contribution in [2.75, 3.05) is 12.5 Å². The first-order valence-corrected chi connectivity index (χ1v) is 5.55. The van der Waals surface area contributed by atoms with Gasteiger partial charge in [0.2, 0.25) is 0 Å². The number of hydrogen-bond acceptors (Lipinski definition) is 2. The third-order valence-electron chi connectivity index (χ3n) is 2.16. The zero-order valence-corrected chi connectivity index (χ0v) is 9.54. The first-order chi connectivity index (χ1) is 7.27. The molecule has 0 bridgehead atoms. The van der Waals surface area contributed by atoms with E-state index in [0.717, 1.165) is 24.0 Å². The Hall–Kier alpha value is -1.02. The summed E-state index contributed by atoms with van der Waals surface area (Å²) < 4.78 is 5.44. The molecule has 3 heteroatoms. The zero-order chi connectivity index (χ0) is 11.1. The van der Waals surface area contributed by atoms with E-state index in [4.69, 9.17) is 16.3 Å². The van der Waals surface area contributed by atoms with Gasteiger partial charge < -0.3 is 9.53 Å². The molecule has 1 unspecified atom stereocenters. The maximum absolute atomic E-state index is 10.6. The highest BCUT2D eigenvalue weighted by Crippen LogP contribution is 2.17. The largest absolute Gasteiger partial charge is 0.494 e. The molecule has 1 aromatic rings. The fourth-order valence-corrected chi connectivity index (χ4v) is 1.30. The molecule has 1 rings (SSSR count). The monoisotopic (exact) mass is 226 g/mol. The van der Waals surface area contributed by atoms with Crippen molar-refractivity contribution in [3.05, 3.63) is 29.8 Å². The number of alkyl halides is 1. The summed E-state index contributed by atoms with van der Waals surface area (Å²) in [5.74, 6) is 1.38. The Labute approximate surface area is 95.2 Å². The van der Waals surface area contributed by atoms with Gasteiger partial charge in [-0.25, -0.2) is 0 Å². The van der Waals surface area contributed by atoms with Crippen LogP contribution in [0, 0.1) is 0 Å². The number of halogens is 1. The second kappa shape index (κ2) is 6.46. The molecule has 0 radical (unpaired) electrons. The van der Waals surface area contributed by atoms with Crippen LogP contribution in [0.3, 0.4) is 0 Å². The van der Waals surface area contributed by atoms with Gasteiger partial charge in [-0.3, -0.25) is 0 Å². The molecule has 0 heterocycles. The van der Waals surface area contributed by atoms with E-state index in [1.54, 1.807) is 0 Å². The van der Waals surface area contributed by atoms with Crippen LogP contribution in [0.15, 0.2) is 24.3 Å². The van der Waals surface area contributed by atoms with Gasteiger partial charge in [-0.1, -0.05) is 19.1 Å². The molecule has 15 heavy (non-hydrogen) atoms. The third kappa shape index (κ3) is 3.92. The van der Waals surface area contributed by atoms with Crippen molar-refractivity contribution in [1.82, 2.24) is 0 Å². The van der Waals surface area contributed by atoms with E-state index in [-0.39, 0.29) is 5.92 Å². The summed E-state index contributed by atoms with van der Waals surface area (Å²) in [4.78, 5) is 10.6. The van der Waals surface area contributed by atoms with Gasteiger partial charge in [0.25, 0.3) is 0 Å². The lowest BCUT2D eigenvalue weighted by molar-refractivity contribution is -0.108. The summed E-state index contributed by atoms with van der Waals surface area (Å²) in [6, 6.07) is 7.58. The van der Waals surface area contributed by atoms with Crippen LogP contribution >= 0.6 is 11.6 Å². The predicted molar refractivity (Wildman–Crippen MR) is 61.8 cm³/mol. The van der Waals surface area contributed by atoms with Crippen LogP contribution in [-0.4, -0.2) is 18.8 Å². The molecule has 0 fully saturated rings. The topological polar surface area (TPSA) is 26.3 Å². The van der Waals surface area contributed by atoms with Crippen molar-refractivity contribution >= 4 is 17.9 Å². The van der Waals surface area contributed by atoms with Crippen molar-refractivity contribution < 1.29 is 9.53 Å². The third-order valence-corrected chi connectivity index (χ3v) is 2.42. The highest BCUT2D eigenvalue weighted by Gasteiger charge is 2.03. The van der Waals surface area contributed by atoms with Gasteiger partial charge in [0.1, 0.15) is 12.0 Å². The molecule has 0 N–H and O–H groups in total. The average molecular weight is 227 g/mol. The molecular weight excluding hydrogens is 212 g/mol. The first kappa shape index (κ1) is 12.1. The summed E-state index contributed by atoms with van der Waals surface area (Å²) in [5.41, 5.74) is 1.01. The van der Waals surface area contributed by atoms with Gasteiger partial charge in [-0.15, -0.1) is 11.6 Å². The molecular formula is C12H15ClO2. The van der Waals surface area contributed by atoms with Crippen molar-refractivity contribution in [3.8, 4) is 5.75 Å². The summed E-state index contributed by atoms with van der Waals surface area (Å²) in [6.07, 6.45) is 1.78. The van der Waals surface area contributed by atoms with Crippen molar-refractivity contribution in [2.24, 2.45) is 0 Å². The highest BCUT2D eigenvalue weighted by atomic mass is 35.5. The number of benzene rings is 1. The fourth-order valence-electron chi connectivity index (χ4n) is 1.19. The van der Waals surface area contributed by atoms with E-state index < -0.39 is 0 Å². The molecule has 0 aromatic heterocycles. The lowest BCUT2D eigenvalue weighted by atomic mass is 10.0. The normalized spacial score (nSPS) is 12.1. The van der Waals surface area contributed by atoms with E-state index >= 15 is 0 Å². The molecule has 1 aromatic carbocycles. The SMILES string of the molecule is CC(C=O)c1ccc(OCCCCl)cc1. The van der Waals surface area contributed by atoms with Crippen LogP contribution in [0.5, 0.6) is 5.75 Å². The van der Waals surface area contributed by atoms with Crippen LogP contribution in [0.25, 0.3) is 0 Å². The number of carbonyl (C=O) groups is 1. The highest BCUT2D eigenvalue weighted by molar-refractivity contribution is 6.17. The molecule has 0 aliphatic heterocycles. The lowest BCUT2D eigenvalue weighted by Gasteiger charge is -2.07. The number of carbonyl (C=O) groups excluding carboxylic acids is 1. The Morgan fingerprint density at radius 2 is 2.07 bits per heavy atom. The minimum Gasteiger partial charge on any atom is -0.494 e. The molecule has 0 aliphatic carbocycles. The molecule has 0 amide bonds. The van der Waals surface area contributed by atoms with Gasteiger partial charge in [0.15, 0.2) is 0 Å². The zero-order valence-electron chi connectivity index (χ0n) is 8.78. The van der Waals surface area contributed by atoms with Gasteiger partial charge in [0.05, 0.1) is 6.61 Å². The second-order valence-corrected chi connectivity index (χ2v) is 3.76. The Balaban J connectivity index is 2.52. The Bertz CT molecular complexity index is 295. The van der Waals surface area contributed by atoms with Crippen molar-refractivity contribution in [3.63, 3.8) is 0 Å². The quantitative estimate of drug-likeness (QED) is 0.424. The smallest absolute Gasteiger partial charge is 0.127 e. The molecule has 1 atom stereocenters. The second-order valence-electron chi connectivity index (χ2n) is 3.38. The van der Waals surface area contributed by atoms with Gasteiger partial charge in [-0.05, 0) is 24.1 Å². The van der Waals surface area contributed by atoms with Crippen LogP contribution in [-0.2, 0) is 4.79 Å². The van der Waals surface area contributed by atoms with Crippen molar-refractivity contribution in [2.45, 2.75) is 19.3 Å². The molecule has 0 saturated heterocycles. The number of hydrogen-bond donors (Lipinski definition) is 0. The minimum atomic E-state index is -0.0538. The summed E-state index contributed by atoms with van der Waals surface area (Å²) in [7, 11) is 0. The average Bonchev–Trinajstić information content (AvgIpc) is 2.29. The summed E-state index contributed by atoms with van der Waals surface area (Å²) >= 11 is 5.53. The first-order valence-electron chi connectivity index (χ1n) is 5.02. The van der Waals surface area contributed by atoms with E-state index in [1.807, 2.05) is 31.2 Å². The molecule has 0 spiro atoms. The number of rotatable bonds is 6. The standard InChI is InChI=1S/C12H15ClO2/c1-10(9-14)11-3-5-12(6-4-11)15-8-2-7-13/h3-6,9-10H,2,7-8H2,1H3. The molecule has 0 saturated carbocycles. The lowest BCUT2D eigenvalue weighted by Crippen LogP contribution is -1.98. The Morgan fingerprint density at radius 3 is 2.60 bits per heavy atom. The van der Waals surface area contributed by atoms with Gasteiger partial charge in [0, 0.05) is 11.8 Å². The van der Waals surface area contributed by atoms with E-state index in [1.165, 1.54) is 0 Å². The van der Waals surface area contributed by atoms with Crippen LogP contribution < -0.4 is 4.74 Å². The summed E-state index contributed by atoms with van der Waals surface area (Å²) in [6.45, 7) is 2.50. The van der Waals surface area contributed by atoms with E-state index in [2.05, 4.69) is 0 Å². The number of aldehydes is 1.